The van der Waals surface area contributed by atoms with Crippen molar-refractivity contribution in [3.8, 4) is 11.1 Å². The van der Waals surface area contributed by atoms with E-state index in [0.717, 1.165) is 27.8 Å². The predicted molar refractivity (Wildman–Crippen MR) is 114 cm³/mol. The quantitative estimate of drug-likeness (QED) is 0.598. The van der Waals surface area contributed by atoms with Gasteiger partial charge in [0.2, 0.25) is 0 Å². The second kappa shape index (κ2) is 7.82. The highest BCUT2D eigenvalue weighted by Crippen LogP contribution is 2.53. The summed E-state index contributed by atoms with van der Waals surface area (Å²) in [7, 11) is 5.12. The van der Waals surface area contributed by atoms with E-state index in [4.69, 9.17) is 9.47 Å². The molecule has 0 radical (unpaired) electrons. The van der Waals surface area contributed by atoms with Gasteiger partial charge in [-0.15, -0.1) is 0 Å². The number of hydrogen-bond donors (Lipinski definition) is 0. The molecular formula is C25H25NO3. The molecule has 0 aromatic heterocycles. The van der Waals surface area contributed by atoms with Gasteiger partial charge in [0.05, 0.1) is 13.7 Å². The van der Waals surface area contributed by atoms with Crippen molar-refractivity contribution in [2.45, 2.75) is 11.6 Å². The van der Waals surface area contributed by atoms with Crippen LogP contribution in [0.2, 0.25) is 0 Å². The molecule has 4 heteroatoms. The third kappa shape index (κ3) is 3.15. The molecule has 0 amide bonds. The molecule has 0 heterocycles. The van der Waals surface area contributed by atoms with Gasteiger partial charge >= 0.3 is 5.97 Å². The van der Waals surface area contributed by atoms with Crippen molar-refractivity contribution < 1.29 is 14.3 Å². The Kier molecular flexibility index (Phi) is 5.22. The third-order valence-corrected chi connectivity index (χ3v) is 5.64. The highest BCUT2D eigenvalue weighted by atomic mass is 16.5. The number of ether oxygens (including phenoxy) is 2. The van der Waals surface area contributed by atoms with Gasteiger partial charge in [0.1, 0.15) is 11.6 Å². The lowest BCUT2D eigenvalue weighted by Gasteiger charge is -2.35. The molecule has 29 heavy (non-hydrogen) atoms. The highest BCUT2D eigenvalue weighted by Gasteiger charge is 2.46. The lowest BCUT2D eigenvalue weighted by molar-refractivity contribution is -0.150. The van der Waals surface area contributed by atoms with E-state index in [9.17, 15) is 4.79 Å². The van der Waals surface area contributed by atoms with E-state index < -0.39 is 11.6 Å². The Morgan fingerprint density at radius 1 is 0.862 bits per heavy atom. The molecule has 0 fully saturated rings. The summed E-state index contributed by atoms with van der Waals surface area (Å²) < 4.78 is 11.7. The number of nitrogens with zero attached hydrogens (tertiary/aromatic N) is 1. The van der Waals surface area contributed by atoms with E-state index in [-0.39, 0.29) is 12.6 Å². The first-order valence-electron chi connectivity index (χ1n) is 9.72. The molecule has 3 aromatic carbocycles. The number of carbonyl (C=O) groups excluding carboxylic acids is 1. The topological polar surface area (TPSA) is 38.8 Å². The van der Waals surface area contributed by atoms with Crippen molar-refractivity contribution in [1.82, 2.24) is 4.90 Å². The molecule has 0 unspecified atom stereocenters. The van der Waals surface area contributed by atoms with Gasteiger partial charge in [0.15, 0.2) is 0 Å². The van der Waals surface area contributed by atoms with Crippen LogP contribution in [0.3, 0.4) is 0 Å². The van der Waals surface area contributed by atoms with Crippen molar-refractivity contribution in [1.29, 1.82) is 0 Å². The number of carbonyl (C=O) groups is 1. The molecule has 0 spiro atoms. The fraction of sp³-hybridized carbons (Fsp3) is 0.240. The van der Waals surface area contributed by atoms with Gasteiger partial charge in [-0.05, 0) is 30.8 Å². The lowest BCUT2D eigenvalue weighted by Crippen LogP contribution is -2.43. The Hall–Kier alpha value is -2.95. The maximum Gasteiger partial charge on any atom is 0.325 e. The molecule has 0 bridgehead atoms. The SMILES string of the molecule is COC(=O)[C@H](COC1(c2ccccc2)c2ccccc2-c2ccccc21)N(C)C. The number of methoxy groups -OCH3 is 1. The van der Waals surface area contributed by atoms with Crippen molar-refractivity contribution >= 4 is 5.97 Å². The van der Waals surface area contributed by atoms with Crippen LogP contribution in [0.5, 0.6) is 0 Å². The van der Waals surface area contributed by atoms with Crippen LogP contribution >= 0.6 is 0 Å². The van der Waals surface area contributed by atoms with Gasteiger partial charge in [0, 0.05) is 11.1 Å². The summed E-state index contributed by atoms with van der Waals surface area (Å²) in [5, 5.41) is 0. The minimum Gasteiger partial charge on any atom is -0.468 e. The largest absolute Gasteiger partial charge is 0.468 e. The normalized spacial score (nSPS) is 14.9. The number of benzene rings is 3. The fourth-order valence-electron chi connectivity index (χ4n) is 4.19. The van der Waals surface area contributed by atoms with Gasteiger partial charge in [0.25, 0.3) is 0 Å². The Bertz CT molecular complexity index is 968. The summed E-state index contributed by atoms with van der Waals surface area (Å²) in [4.78, 5) is 14.2. The average molecular weight is 387 g/mol. The van der Waals surface area contributed by atoms with Crippen LogP contribution in [0.25, 0.3) is 11.1 Å². The van der Waals surface area contributed by atoms with Crippen LogP contribution in [0.4, 0.5) is 0 Å². The molecule has 0 N–H and O–H groups in total. The summed E-state index contributed by atoms with van der Waals surface area (Å²) in [5.41, 5.74) is 4.76. The van der Waals surface area contributed by atoms with Gasteiger partial charge < -0.3 is 9.47 Å². The zero-order valence-corrected chi connectivity index (χ0v) is 17.0. The van der Waals surface area contributed by atoms with E-state index in [1.165, 1.54) is 7.11 Å². The van der Waals surface area contributed by atoms with Gasteiger partial charge in [-0.1, -0.05) is 78.9 Å². The molecule has 148 valence electrons. The predicted octanol–water partition coefficient (Wildman–Crippen LogP) is 4.08. The number of esters is 1. The van der Waals surface area contributed by atoms with Crippen molar-refractivity contribution in [3.05, 3.63) is 95.6 Å². The van der Waals surface area contributed by atoms with Crippen LogP contribution < -0.4 is 0 Å². The monoisotopic (exact) mass is 387 g/mol. The number of rotatable bonds is 6. The molecule has 1 aliphatic carbocycles. The molecule has 1 atom stereocenters. The van der Waals surface area contributed by atoms with E-state index in [1.807, 2.05) is 61.5 Å². The number of fused-ring (bicyclic) bond motifs is 3. The van der Waals surface area contributed by atoms with Gasteiger partial charge in [-0.2, -0.15) is 0 Å². The van der Waals surface area contributed by atoms with Crippen molar-refractivity contribution in [2.24, 2.45) is 0 Å². The summed E-state index contributed by atoms with van der Waals surface area (Å²) in [6, 6.07) is 26.4. The molecule has 0 saturated carbocycles. The Morgan fingerprint density at radius 3 is 1.90 bits per heavy atom. The van der Waals surface area contributed by atoms with E-state index in [1.54, 1.807) is 0 Å². The molecular weight excluding hydrogens is 362 g/mol. The average Bonchev–Trinajstić information content (AvgIpc) is 3.05. The van der Waals surface area contributed by atoms with E-state index >= 15 is 0 Å². The molecule has 0 aliphatic heterocycles. The Morgan fingerprint density at radius 2 is 1.38 bits per heavy atom. The van der Waals surface area contributed by atoms with E-state index in [0.29, 0.717) is 0 Å². The van der Waals surface area contributed by atoms with E-state index in [2.05, 4.69) is 36.4 Å². The smallest absolute Gasteiger partial charge is 0.325 e. The number of hydrogen-bond acceptors (Lipinski definition) is 4. The summed E-state index contributed by atoms with van der Waals surface area (Å²) in [5.74, 6) is -0.308. The zero-order valence-electron chi connectivity index (χ0n) is 17.0. The summed E-state index contributed by atoms with van der Waals surface area (Å²) in [6.07, 6.45) is 0. The van der Waals surface area contributed by atoms with Crippen LogP contribution in [-0.2, 0) is 19.9 Å². The first kappa shape index (κ1) is 19.4. The van der Waals surface area contributed by atoms with Crippen LogP contribution in [0.15, 0.2) is 78.9 Å². The first-order valence-corrected chi connectivity index (χ1v) is 9.72. The molecule has 4 rings (SSSR count). The van der Waals surface area contributed by atoms with Crippen molar-refractivity contribution in [3.63, 3.8) is 0 Å². The van der Waals surface area contributed by atoms with Crippen molar-refractivity contribution in [2.75, 3.05) is 27.8 Å². The minimum absolute atomic E-state index is 0.206. The molecule has 0 saturated heterocycles. The fourth-order valence-corrected chi connectivity index (χ4v) is 4.19. The molecule has 4 nitrogen and oxygen atoms in total. The zero-order chi connectivity index (χ0) is 20.4. The summed E-state index contributed by atoms with van der Waals surface area (Å²) in [6.45, 7) is 0.206. The maximum absolute atomic E-state index is 12.3. The first-order chi connectivity index (χ1) is 14.1. The van der Waals surface area contributed by atoms with Crippen LogP contribution in [0.1, 0.15) is 16.7 Å². The Labute approximate surface area is 171 Å². The molecule has 3 aromatic rings. The Balaban J connectivity index is 1.89. The van der Waals surface area contributed by atoms with Crippen LogP contribution in [0, 0.1) is 0 Å². The third-order valence-electron chi connectivity index (χ3n) is 5.64. The van der Waals surface area contributed by atoms with Crippen LogP contribution in [-0.4, -0.2) is 44.7 Å². The molecule has 1 aliphatic rings. The second-order valence-electron chi connectivity index (χ2n) is 7.45. The standard InChI is InChI=1S/C25H25NO3/c1-26(2)23(24(27)28-3)17-29-25(18-11-5-4-6-12-18)21-15-9-7-13-19(21)20-14-8-10-16-22(20)25/h4-16,23H,17H2,1-3H3/t23-/m0/s1. The lowest BCUT2D eigenvalue weighted by atomic mass is 9.84. The summed E-state index contributed by atoms with van der Waals surface area (Å²) >= 11 is 0. The van der Waals surface area contributed by atoms with Gasteiger partial charge in [-0.25, -0.2) is 0 Å². The number of likely N-dealkylation sites (N-methyl/N-ethyl adjacent to an activating group) is 1. The highest BCUT2D eigenvalue weighted by molar-refractivity contribution is 5.82. The second-order valence-corrected chi connectivity index (χ2v) is 7.45. The maximum atomic E-state index is 12.3. The minimum atomic E-state index is -0.781. The van der Waals surface area contributed by atoms with Gasteiger partial charge in [-0.3, -0.25) is 9.69 Å².